The molecule has 5 heterocycles. The van der Waals surface area contributed by atoms with Crippen molar-refractivity contribution in [2.45, 2.75) is 58.5 Å². The van der Waals surface area contributed by atoms with Gasteiger partial charge in [-0.15, -0.1) is 0 Å². The molecule has 0 spiro atoms. The number of likely N-dealkylation sites (tertiary alicyclic amines) is 1. The summed E-state index contributed by atoms with van der Waals surface area (Å²) >= 11 is 0. The van der Waals surface area contributed by atoms with Crippen LogP contribution >= 0.6 is 0 Å². The quantitative estimate of drug-likeness (QED) is 0.264. The normalized spacial score (nSPS) is 17.8. The number of H-pyrrole nitrogens is 1. The van der Waals surface area contributed by atoms with Gasteiger partial charge < -0.3 is 20.9 Å². The molecular formula is C32H42N8. The van der Waals surface area contributed by atoms with E-state index in [2.05, 4.69) is 84.1 Å². The van der Waals surface area contributed by atoms with E-state index in [1.165, 1.54) is 24.8 Å². The fourth-order valence-electron chi connectivity index (χ4n) is 5.64. The minimum absolute atomic E-state index is 0.277. The second-order valence-electron chi connectivity index (χ2n) is 10.6. The Morgan fingerprint density at radius 1 is 1.00 bits per heavy atom. The molecule has 2 aliphatic heterocycles. The standard InChI is InChI=1S/C30H36N8.C2H6/c1-21(27-16-22(11-12-32-27)18-37-13-5-6-24(31)19-37)35-25-9-7-23(8-10-25)28-17-26-29(36-28)33-20-34-30(26)38-14-3-2-4-15-38;1-2/h7-12,16-17,20,24,35H,1-6,13-15,18-19,31H2,(H,33,34,36);1-2H3. The second kappa shape index (κ2) is 13.1. The van der Waals surface area contributed by atoms with Crippen molar-refractivity contribution in [2.24, 2.45) is 5.73 Å². The number of anilines is 2. The molecule has 40 heavy (non-hydrogen) atoms. The number of nitrogens with zero attached hydrogens (tertiary/aromatic N) is 5. The second-order valence-corrected chi connectivity index (χ2v) is 10.6. The van der Waals surface area contributed by atoms with E-state index in [9.17, 15) is 0 Å². The van der Waals surface area contributed by atoms with E-state index in [0.29, 0.717) is 0 Å². The van der Waals surface area contributed by atoms with Gasteiger partial charge in [0.15, 0.2) is 0 Å². The summed E-state index contributed by atoms with van der Waals surface area (Å²) in [5.74, 6) is 1.03. The van der Waals surface area contributed by atoms with Gasteiger partial charge in [0.1, 0.15) is 17.8 Å². The van der Waals surface area contributed by atoms with E-state index in [-0.39, 0.29) is 6.04 Å². The molecule has 1 unspecified atom stereocenters. The zero-order valence-electron chi connectivity index (χ0n) is 23.9. The Morgan fingerprint density at radius 2 is 1.80 bits per heavy atom. The number of pyridine rings is 1. The summed E-state index contributed by atoms with van der Waals surface area (Å²) in [5.41, 5.74) is 13.0. The molecule has 2 fully saturated rings. The number of benzene rings is 1. The molecule has 3 aromatic heterocycles. The van der Waals surface area contributed by atoms with Crippen LogP contribution in [-0.2, 0) is 6.54 Å². The van der Waals surface area contributed by atoms with Crippen LogP contribution < -0.4 is 16.0 Å². The van der Waals surface area contributed by atoms with E-state index in [1.807, 2.05) is 20.0 Å². The molecule has 0 saturated carbocycles. The minimum atomic E-state index is 0.277. The minimum Gasteiger partial charge on any atom is -0.356 e. The summed E-state index contributed by atoms with van der Waals surface area (Å²) in [4.78, 5) is 21.9. The summed E-state index contributed by atoms with van der Waals surface area (Å²) in [7, 11) is 0. The third-order valence-electron chi connectivity index (χ3n) is 7.63. The molecule has 8 heteroatoms. The Kier molecular flexibility index (Phi) is 9.08. The first-order valence-corrected chi connectivity index (χ1v) is 14.7. The third-order valence-corrected chi connectivity index (χ3v) is 7.63. The number of aromatic amines is 1. The molecule has 1 aromatic carbocycles. The van der Waals surface area contributed by atoms with Gasteiger partial charge in [-0.05, 0) is 80.1 Å². The highest BCUT2D eigenvalue weighted by Gasteiger charge is 2.18. The van der Waals surface area contributed by atoms with E-state index in [4.69, 9.17) is 5.73 Å². The Morgan fingerprint density at radius 3 is 2.58 bits per heavy atom. The van der Waals surface area contributed by atoms with Crippen LogP contribution in [-0.4, -0.2) is 57.1 Å². The topological polar surface area (TPSA) is 99.0 Å². The first kappa shape index (κ1) is 27.8. The van der Waals surface area contributed by atoms with Crippen molar-refractivity contribution < 1.29 is 0 Å². The lowest BCUT2D eigenvalue weighted by Crippen LogP contribution is -2.42. The first-order valence-electron chi connectivity index (χ1n) is 14.7. The van der Waals surface area contributed by atoms with Crippen molar-refractivity contribution in [1.82, 2.24) is 24.8 Å². The number of fused-ring (bicyclic) bond motifs is 1. The highest BCUT2D eigenvalue weighted by molar-refractivity contribution is 5.92. The number of aromatic nitrogens is 4. The monoisotopic (exact) mass is 538 g/mol. The van der Waals surface area contributed by atoms with Gasteiger partial charge in [-0.1, -0.05) is 32.6 Å². The van der Waals surface area contributed by atoms with Gasteiger partial charge in [0.05, 0.1) is 16.8 Å². The van der Waals surface area contributed by atoms with Crippen LogP contribution in [0.1, 0.15) is 57.2 Å². The summed E-state index contributed by atoms with van der Waals surface area (Å²) in [6.45, 7) is 13.3. The molecule has 4 N–H and O–H groups in total. The number of rotatable bonds is 7. The third kappa shape index (κ3) is 6.51. The maximum Gasteiger partial charge on any atom is 0.143 e. The number of hydrogen-bond donors (Lipinski definition) is 3. The van der Waals surface area contributed by atoms with E-state index < -0.39 is 0 Å². The predicted octanol–water partition coefficient (Wildman–Crippen LogP) is 6.04. The van der Waals surface area contributed by atoms with Crippen LogP contribution in [0.15, 0.2) is 61.6 Å². The van der Waals surface area contributed by atoms with Crippen LogP contribution in [0.2, 0.25) is 0 Å². The average molecular weight is 539 g/mol. The average Bonchev–Trinajstić information content (AvgIpc) is 3.44. The smallest absolute Gasteiger partial charge is 0.143 e. The van der Waals surface area contributed by atoms with Crippen molar-refractivity contribution in [3.05, 3.63) is 72.8 Å². The van der Waals surface area contributed by atoms with Crippen LogP contribution in [0.4, 0.5) is 11.5 Å². The fourth-order valence-corrected chi connectivity index (χ4v) is 5.64. The van der Waals surface area contributed by atoms with Gasteiger partial charge in [0.2, 0.25) is 0 Å². The van der Waals surface area contributed by atoms with Gasteiger partial charge >= 0.3 is 0 Å². The maximum atomic E-state index is 6.16. The molecule has 8 nitrogen and oxygen atoms in total. The van der Waals surface area contributed by atoms with Crippen molar-refractivity contribution >= 4 is 28.2 Å². The number of hydrogen-bond acceptors (Lipinski definition) is 7. The zero-order chi connectivity index (χ0) is 27.9. The molecule has 6 rings (SSSR count). The van der Waals surface area contributed by atoms with Crippen LogP contribution in [0.5, 0.6) is 0 Å². The SMILES string of the molecule is C=C(Nc1ccc(-c2cc3c(N4CCCCC4)ncnc3[nH]2)cc1)c1cc(CN2CCCC(N)C2)ccn1.CC. The van der Waals surface area contributed by atoms with Gasteiger partial charge in [-0.25, -0.2) is 9.97 Å². The van der Waals surface area contributed by atoms with Crippen molar-refractivity contribution in [2.75, 3.05) is 36.4 Å². The van der Waals surface area contributed by atoms with Gasteiger partial charge in [-0.3, -0.25) is 9.88 Å². The lowest BCUT2D eigenvalue weighted by Gasteiger charge is -2.30. The molecule has 1 atom stereocenters. The summed E-state index contributed by atoms with van der Waals surface area (Å²) in [6.07, 6.45) is 9.54. The summed E-state index contributed by atoms with van der Waals surface area (Å²) < 4.78 is 0. The number of nitrogens with two attached hydrogens (primary N) is 1. The predicted molar refractivity (Wildman–Crippen MR) is 166 cm³/mol. The molecule has 0 radical (unpaired) electrons. The van der Waals surface area contributed by atoms with Gasteiger partial charge in [0, 0.05) is 49.8 Å². The highest BCUT2D eigenvalue weighted by Crippen LogP contribution is 2.31. The lowest BCUT2D eigenvalue weighted by molar-refractivity contribution is 0.201. The first-order chi connectivity index (χ1) is 19.6. The van der Waals surface area contributed by atoms with E-state index in [0.717, 1.165) is 90.8 Å². The molecule has 0 bridgehead atoms. The van der Waals surface area contributed by atoms with Crippen molar-refractivity contribution in [3.63, 3.8) is 0 Å². The molecule has 4 aromatic rings. The summed E-state index contributed by atoms with van der Waals surface area (Å²) in [6, 6.07) is 15.0. The van der Waals surface area contributed by atoms with Crippen LogP contribution in [0.3, 0.4) is 0 Å². The highest BCUT2D eigenvalue weighted by atomic mass is 15.2. The largest absolute Gasteiger partial charge is 0.356 e. The molecular weight excluding hydrogens is 496 g/mol. The zero-order valence-corrected chi connectivity index (χ0v) is 23.9. The molecule has 210 valence electrons. The van der Waals surface area contributed by atoms with E-state index >= 15 is 0 Å². The Balaban J connectivity index is 0.00000158. The Bertz CT molecular complexity index is 1400. The van der Waals surface area contributed by atoms with Crippen molar-refractivity contribution in [3.8, 4) is 11.3 Å². The maximum absolute atomic E-state index is 6.16. The molecule has 2 saturated heterocycles. The number of piperidine rings is 2. The Hall–Kier alpha value is -3.75. The van der Waals surface area contributed by atoms with Crippen LogP contribution in [0, 0.1) is 0 Å². The number of nitrogens with one attached hydrogen (secondary N) is 2. The van der Waals surface area contributed by atoms with Gasteiger partial charge in [0.25, 0.3) is 0 Å². The molecule has 0 aliphatic carbocycles. The van der Waals surface area contributed by atoms with Crippen molar-refractivity contribution in [1.29, 1.82) is 0 Å². The lowest BCUT2D eigenvalue weighted by atomic mass is 10.1. The fraction of sp³-hybridized carbons (Fsp3) is 0.406. The molecule has 0 amide bonds. The Labute approximate surface area is 237 Å². The van der Waals surface area contributed by atoms with Gasteiger partial charge in [-0.2, -0.15) is 0 Å². The summed E-state index contributed by atoms with van der Waals surface area (Å²) in [5, 5.41) is 4.50. The van der Waals surface area contributed by atoms with E-state index in [1.54, 1.807) is 6.33 Å². The molecule has 2 aliphatic rings. The van der Waals surface area contributed by atoms with Crippen LogP contribution in [0.25, 0.3) is 28.0 Å².